The third kappa shape index (κ3) is 1.84. The van der Waals surface area contributed by atoms with E-state index in [-0.39, 0.29) is 5.41 Å². The van der Waals surface area contributed by atoms with Gasteiger partial charge in [0.2, 0.25) is 0 Å². The minimum Gasteiger partial charge on any atom is -0.760 e. The Morgan fingerprint density at radius 2 is 1.88 bits per heavy atom. The van der Waals surface area contributed by atoms with E-state index >= 15 is 0 Å². The summed E-state index contributed by atoms with van der Waals surface area (Å²) >= 11 is -2.04. The molecule has 0 radical (unpaired) electrons. The first-order valence-electron chi connectivity index (χ1n) is 6.14. The zero-order chi connectivity index (χ0) is 11.9. The molecule has 0 N–H and O–H groups in total. The van der Waals surface area contributed by atoms with Crippen LogP contribution in [0, 0.1) is 0 Å². The van der Waals surface area contributed by atoms with Crippen molar-refractivity contribution in [2.24, 2.45) is 0 Å². The van der Waals surface area contributed by atoms with E-state index in [1.54, 1.807) is 4.31 Å². The van der Waals surface area contributed by atoms with Crippen LogP contribution in [0.4, 0.5) is 0 Å². The van der Waals surface area contributed by atoms with Crippen LogP contribution >= 0.6 is 0 Å². The van der Waals surface area contributed by atoms with Crippen LogP contribution in [-0.2, 0) is 23.1 Å². The van der Waals surface area contributed by atoms with Gasteiger partial charge in [0.25, 0.3) is 0 Å². The summed E-state index contributed by atoms with van der Waals surface area (Å²) in [5, 5.41) is 0. The molecule has 3 nitrogen and oxygen atoms in total. The van der Waals surface area contributed by atoms with Crippen LogP contribution in [0.1, 0.15) is 30.4 Å². The Labute approximate surface area is 104 Å². The molecule has 0 amide bonds. The second-order valence-electron chi connectivity index (χ2n) is 5.08. The van der Waals surface area contributed by atoms with E-state index < -0.39 is 11.3 Å². The zero-order valence-electron chi connectivity index (χ0n) is 9.72. The maximum absolute atomic E-state index is 10.9. The standard InChI is InChI=1S/C13H17NO2S/c15-17(16)14-9-7-13(8-10-14)6-5-11-3-1-2-4-12(11)13/h1-4H,5-10H2,(H,15,16)/p-1. The molecule has 17 heavy (non-hydrogen) atoms. The molecule has 1 aliphatic carbocycles. The predicted molar refractivity (Wildman–Crippen MR) is 66.2 cm³/mol. The number of piperidine rings is 1. The Morgan fingerprint density at radius 3 is 2.59 bits per heavy atom. The van der Waals surface area contributed by atoms with Gasteiger partial charge in [-0.1, -0.05) is 24.3 Å². The van der Waals surface area contributed by atoms with Crippen molar-refractivity contribution in [3.05, 3.63) is 35.4 Å². The molecule has 4 heteroatoms. The molecule has 3 rings (SSSR count). The van der Waals surface area contributed by atoms with Gasteiger partial charge in [0, 0.05) is 24.4 Å². The van der Waals surface area contributed by atoms with E-state index in [0.29, 0.717) is 13.1 Å². The predicted octanol–water partition coefficient (Wildman–Crippen LogP) is 1.76. The molecule has 1 atom stereocenters. The van der Waals surface area contributed by atoms with Gasteiger partial charge in [0.1, 0.15) is 0 Å². The lowest BCUT2D eigenvalue weighted by molar-refractivity contribution is 0.228. The van der Waals surface area contributed by atoms with E-state index in [1.807, 2.05) is 0 Å². The zero-order valence-corrected chi connectivity index (χ0v) is 10.5. The number of nitrogens with zero attached hydrogens (tertiary/aromatic N) is 1. The third-order valence-corrected chi connectivity index (χ3v) is 5.14. The van der Waals surface area contributed by atoms with Crippen molar-refractivity contribution < 1.29 is 8.76 Å². The molecule has 1 spiro atoms. The average Bonchev–Trinajstić information content (AvgIpc) is 2.70. The van der Waals surface area contributed by atoms with Gasteiger partial charge in [-0.05, 0) is 42.2 Å². The Morgan fingerprint density at radius 1 is 1.18 bits per heavy atom. The molecule has 0 saturated carbocycles. The van der Waals surface area contributed by atoms with Gasteiger partial charge in [-0.2, -0.15) is 0 Å². The van der Waals surface area contributed by atoms with E-state index in [9.17, 15) is 8.76 Å². The number of rotatable bonds is 1. The Kier molecular flexibility index (Phi) is 2.81. The molecule has 0 bridgehead atoms. The molecule has 1 fully saturated rings. The molecule has 1 aromatic carbocycles. The first kappa shape index (κ1) is 11.4. The number of fused-ring (bicyclic) bond motifs is 2. The van der Waals surface area contributed by atoms with Crippen molar-refractivity contribution in [2.75, 3.05) is 13.1 Å². The third-order valence-electron chi connectivity index (χ3n) is 4.35. The van der Waals surface area contributed by atoms with Gasteiger partial charge >= 0.3 is 0 Å². The van der Waals surface area contributed by atoms with E-state index in [4.69, 9.17) is 0 Å². The second-order valence-corrected chi connectivity index (χ2v) is 6.03. The normalized spacial score (nSPS) is 24.8. The van der Waals surface area contributed by atoms with Gasteiger partial charge in [0.15, 0.2) is 0 Å². The quantitative estimate of drug-likeness (QED) is 0.713. The molecule has 0 aromatic heterocycles. The van der Waals surface area contributed by atoms with Crippen LogP contribution in [0.3, 0.4) is 0 Å². The fraction of sp³-hybridized carbons (Fsp3) is 0.538. The summed E-state index contributed by atoms with van der Waals surface area (Å²) in [6.45, 7) is 1.34. The van der Waals surface area contributed by atoms with Gasteiger partial charge in [0.05, 0.1) is 0 Å². The Hall–Kier alpha value is -0.710. The monoisotopic (exact) mass is 250 g/mol. The fourth-order valence-electron chi connectivity index (χ4n) is 3.35. The first-order chi connectivity index (χ1) is 8.21. The van der Waals surface area contributed by atoms with Crippen molar-refractivity contribution in [1.82, 2.24) is 4.31 Å². The van der Waals surface area contributed by atoms with Crippen LogP contribution < -0.4 is 0 Å². The molecule has 1 aliphatic heterocycles. The second kappa shape index (κ2) is 4.19. The highest BCUT2D eigenvalue weighted by molar-refractivity contribution is 7.76. The maximum Gasteiger partial charge on any atom is 0.0209 e. The molecule has 1 aromatic rings. The van der Waals surface area contributed by atoms with E-state index in [1.165, 1.54) is 17.5 Å². The van der Waals surface area contributed by atoms with Crippen LogP contribution in [0.25, 0.3) is 0 Å². The maximum atomic E-state index is 10.9. The lowest BCUT2D eigenvalue weighted by Gasteiger charge is -2.40. The van der Waals surface area contributed by atoms with Gasteiger partial charge in [-0.25, -0.2) is 4.31 Å². The van der Waals surface area contributed by atoms with Gasteiger partial charge in [-0.3, -0.25) is 4.21 Å². The van der Waals surface area contributed by atoms with Crippen molar-refractivity contribution >= 4 is 11.3 Å². The number of aryl methyl sites for hydroxylation is 1. The Balaban J connectivity index is 1.85. The molecule has 2 aliphatic rings. The SMILES string of the molecule is O=S([O-])N1CCC2(CCc3ccccc32)CC1. The van der Waals surface area contributed by atoms with Crippen molar-refractivity contribution in [3.63, 3.8) is 0 Å². The van der Waals surface area contributed by atoms with Gasteiger partial charge in [-0.15, -0.1) is 0 Å². The summed E-state index contributed by atoms with van der Waals surface area (Å²) in [7, 11) is 0. The van der Waals surface area contributed by atoms with Crippen LogP contribution in [0.2, 0.25) is 0 Å². The number of hydrogen-bond donors (Lipinski definition) is 0. The summed E-state index contributed by atoms with van der Waals surface area (Å²) in [6.07, 6.45) is 4.28. The fourth-order valence-corrected chi connectivity index (χ4v) is 3.83. The minimum atomic E-state index is -2.04. The topological polar surface area (TPSA) is 43.4 Å². The van der Waals surface area contributed by atoms with Gasteiger partial charge < -0.3 is 4.55 Å². The van der Waals surface area contributed by atoms with Crippen LogP contribution in [0.15, 0.2) is 24.3 Å². The average molecular weight is 250 g/mol. The Bertz CT molecular complexity index is 452. The lowest BCUT2D eigenvalue weighted by atomic mass is 9.74. The smallest absolute Gasteiger partial charge is 0.0209 e. The summed E-state index contributed by atoms with van der Waals surface area (Å²) in [5.41, 5.74) is 3.19. The molecule has 1 saturated heterocycles. The summed E-state index contributed by atoms with van der Waals surface area (Å²) in [4.78, 5) is 0. The molecule has 1 heterocycles. The van der Waals surface area contributed by atoms with E-state index in [0.717, 1.165) is 19.3 Å². The highest BCUT2D eigenvalue weighted by atomic mass is 32.2. The number of benzene rings is 1. The van der Waals surface area contributed by atoms with Crippen LogP contribution in [0.5, 0.6) is 0 Å². The van der Waals surface area contributed by atoms with Crippen molar-refractivity contribution in [1.29, 1.82) is 0 Å². The van der Waals surface area contributed by atoms with Crippen LogP contribution in [-0.4, -0.2) is 26.2 Å². The molecule has 92 valence electrons. The van der Waals surface area contributed by atoms with E-state index in [2.05, 4.69) is 24.3 Å². The first-order valence-corrected chi connectivity index (χ1v) is 7.17. The highest BCUT2D eigenvalue weighted by Crippen LogP contribution is 2.46. The lowest BCUT2D eigenvalue weighted by Crippen LogP contribution is -2.42. The largest absolute Gasteiger partial charge is 0.760 e. The molecular weight excluding hydrogens is 234 g/mol. The van der Waals surface area contributed by atoms with Crippen molar-refractivity contribution in [3.8, 4) is 0 Å². The molecule has 1 unspecified atom stereocenters. The summed E-state index contributed by atoms with van der Waals surface area (Å²) in [5.74, 6) is 0. The number of hydrogen-bond acceptors (Lipinski definition) is 2. The summed E-state index contributed by atoms with van der Waals surface area (Å²) in [6, 6.07) is 8.64. The van der Waals surface area contributed by atoms with Crippen molar-refractivity contribution in [2.45, 2.75) is 31.1 Å². The highest BCUT2D eigenvalue weighted by Gasteiger charge is 2.40. The molecular formula is C13H16NO2S-. The minimum absolute atomic E-state index is 0.256. The summed E-state index contributed by atoms with van der Waals surface area (Å²) < 4.78 is 23.4.